The predicted octanol–water partition coefficient (Wildman–Crippen LogP) is 11.3. The maximum atomic E-state index is 11.8. The molecule has 0 N–H and O–H groups in total. The van der Waals surface area contributed by atoms with Crippen molar-refractivity contribution in [3.05, 3.63) is 83.6 Å². The highest BCUT2D eigenvalue weighted by Gasteiger charge is 2.44. The fourth-order valence-electron chi connectivity index (χ4n) is 9.04. The maximum Gasteiger partial charge on any atom is 0.209 e. The Kier molecular flexibility index (Phi) is 14.8. The van der Waals surface area contributed by atoms with Crippen LogP contribution in [0, 0.1) is 0 Å². The number of carbonyl (C=O) groups is 2. The smallest absolute Gasteiger partial charge is 0.209 e. The van der Waals surface area contributed by atoms with Crippen molar-refractivity contribution in [3.8, 4) is 0 Å². The van der Waals surface area contributed by atoms with E-state index in [4.69, 9.17) is 9.47 Å². The molecular formula is C49H69N2O4+. The number of nitrogens with zero attached hydrogens (tertiary/aromatic N) is 2. The van der Waals surface area contributed by atoms with E-state index in [1.54, 1.807) is 0 Å². The minimum atomic E-state index is -0.0723. The molecule has 2 aromatic rings. The minimum absolute atomic E-state index is 0.0601. The van der Waals surface area contributed by atoms with E-state index in [0.717, 1.165) is 38.8 Å². The van der Waals surface area contributed by atoms with E-state index >= 15 is 0 Å². The number of ether oxygens (including phenoxy) is 2. The van der Waals surface area contributed by atoms with E-state index in [9.17, 15) is 9.59 Å². The second-order valence-corrected chi connectivity index (χ2v) is 17.6. The first-order chi connectivity index (χ1) is 26.7. The molecule has 0 aliphatic carbocycles. The topological polar surface area (TPSA) is 65.5 Å². The number of benzene rings is 2. The fourth-order valence-corrected chi connectivity index (χ4v) is 9.04. The van der Waals surface area contributed by atoms with Gasteiger partial charge in [-0.25, -0.2) is 0 Å². The molecule has 0 aromatic heterocycles. The van der Waals surface area contributed by atoms with Crippen molar-refractivity contribution in [2.75, 3.05) is 31.2 Å². The van der Waals surface area contributed by atoms with Crippen LogP contribution in [0.3, 0.4) is 0 Å². The first-order valence-corrected chi connectivity index (χ1v) is 22.0. The lowest BCUT2D eigenvalue weighted by Crippen LogP contribution is -2.28. The molecule has 4 aliphatic heterocycles. The second-order valence-electron chi connectivity index (χ2n) is 17.6. The van der Waals surface area contributed by atoms with E-state index in [-0.39, 0.29) is 23.0 Å². The molecular weight excluding hydrogens is 681 g/mol. The summed E-state index contributed by atoms with van der Waals surface area (Å²) in [5.41, 5.74) is 8.22. The number of hydrogen-bond acceptors (Lipinski definition) is 5. The highest BCUT2D eigenvalue weighted by molar-refractivity contribution is 6.03. The quantitative estimate of drug-likeness (QED) is 0.0544. The lowest BCUT2D eigenvalue weighted by molar-refractivity contribution is -0.438. The Morgan fingerprint density at radius 3 is 1.73 bits per heavy atom. The van der Waals surface area contributed by atoms with Gasteiger partial charge in [0, 0.05) is 60.3 Å². The SMILES string of the molecule is CC1(C)C(/C=C/C=C2/N(CCCCCCCCCCC(=O)C3CO3)c3ccccc3C2(C)C)=[N+](CCCCCCCCCCC(=O)C2CO2)c2ccccc21. The summed E-state index contributed by atoms with van der Waals surface area (Å²) in [5, 5.41) is 0. The van der Waals surface area contributed by atoms with Crippen molar-refractivity contribution in [1.82, 2.24) is 0 Å². The van der Waals surface area contributed by atoms with Crippen LogP contribution in [0.1, 0.15) is 154 Å². The van der Waals surface area contributed by atoms with Gasteiger partial charge in [-0.05, 0) is 57.2 Å². The number of hydrogen-bond donors (Lipinski definition) is 0. The fraction of sp³-hybridized carbons (Fsp3) is 0.612. The molecule has 0 spiro atoms. The standard InChI is InChI=1S/C49H69N2O4/c1-48(2)38-26-19-21-28-40(38)50(34-23-15-11-7-5-9-13-17-30-42(52)44-36-54-44)46(48)32-25-33-47-49(3,4)39-27-20-22-29-41(39)51(47)35-24-16-12-8-6-10-14-18-31-43(53)45-37-55-45/h19-22,25-29,32-33,44-45H,5-18,23-24,30-31,34-37H2,1-4H3/q+1. The van der Waals surface area contributed by atoms with Gasteiger partial charge in [0.2, 0.25) is 5.69 Å². The van der Waals surface area contributed by atoms with Crippen LogP contribution in [0.25, 0.3) is 0 Å². The molecule has 2 atom stereocenters. The van der Waals surface area contributed by atoms with Gasteiger partial charge in [0.05, 0.1) is 18.6 Å². The summed E-state index contributed by atoms with van der Waals surface area (Å²) in [5.74, 6) is 0.604. The molecule has 4 heterocycles. The molecule has 4 aliphatic rings. The molecule has 55 heavy (non-hydrogen) atoms. The van der Waals surface area contributed by atoms with Gasteiger partial charge in [0.25, 0.3) is 0 Å². The number of para-hydroxylation sites is 2. The molecule has 2 saturated heterocycles. The van der Waals surface area contributed by atoms with E-state index in [2.05, 4.69) is 104 Å². The molecule has 0 radical (unpaired) electrons. The van der Waals surface area contributed by atoms with Gasteiger partial charge >= 0.3 is 0 Å². The van der Waals surface area contributed by atoms with Crippen LogP contribution in [0.5, 0.6) is 0 Å². The zero-order valence-electron chi connectivity index (χ0n) is 34.6. The average molecular weight is 750 g/mol. The molecule has 2 fully saturated rings. The maximum absolute atomic E-state index is 11.8. The minimum Gasteiger partial charge on any atom is -0.365 e. The van der Waals surface area contributed by atoms with Crippen molar-refractivity contribution in [3.63, 3.8) is 0 Å². The number of epoxide rings is 2. The third kappa shape index (κ3) is 10.9. The molecule has 0 saturated carbocycles. The summed E-state index contributed by atoms with van der Waals surface area (Å²) in [7, 11) is 0. The van der Waals surface area contributed by atoms with E-state index in [1.807, 2.05) is 0 Å². The summed E-state index contributed by atoms with van der Waals surface area (Å²) in [4.78, 5) is 26.2. The van der Waals surface area contributed by atoms with E-state index in [1.165, 1.54) is 111 Å². The van der Waals surface area contributed by atoms with Crippen molar-refractivity contribution >= 4 is 28.7 Å². The van der Waals surface area contributed by atoms with Crippen molar-refractivity contribution in [2.45, 2.75) is 166 Å². The Hall–Kier alpha value is -3.35. The lowest BCUT2D eigenvalue weighted by atomic mass is 9.81. The zero-order valence-corrected chi connectivity index (χ0v) is 34.6. The number of anilines is 1. The van der Waals surface area contributed by atoms with Crippen LogP contribution in [0.2, 0.25) is 0 Å². The molecule has 6 heteroatoms. The third-order valence-electron chi connectivity index (χ3n) is 12.6. The molecule has 0 amide bonds. The number of fused-ring (bicyclic) bond motifs is 2. The van der Waals surface area contributed by atoms with Crippen LogP contribution in [-0.4, -0.2) is 60.4 Å². The number of ketones is 2. The van der Waals surface area contributed by atoms with Crippen LogP contribution < -0.4 is 4.90 Å². The number of rotatable bonds is 26. The summed E-state index contributed by atoms with van der Waals surface area (Å²) >= 11 is 0. The van der Waals surface area contributed by atoms with Gasteiger partial charge in [-0.15, -0.1) is 0 Å². The largest absolute Gasteiger partial charge is 0.365 e. The predicted molar refractivity (Wildman–Crippen MR) is 226 cm³/mol. The Labute approximate surface area is 332 Å². The average Bonchev–Trinajstić information content (AvgIpc) is 4.11. The number of allylic oxidation sites excluding steroid dienone is 4. The molecule has 6 rings (SSSR count). The summed E-state index contributed by atoms with van der Waals surface area (Å²) in [6, 6.07) is 18.0. The second kappa shape index (κ2) is 19.7. The monoisotopic (exact) mass is 750 g/mol. The van der Waals surface area contributed by atoms with Crippen LogP contribution >= 0.6 is 0 Å². The van der Waals surface area contributed by atoms with E-state index in [0.29, 0.717) is 37.6 Å². The van der Waals surface area contributed by atoms with Crippen molar-refractivity contribution in [2.24, 2.45) is 0 Å². The Bertz CT molecular complexity index is 1690. The highest BCUT2D eigenvalue weighted by Crippen LogP contribution is 2.48. The summed E-state index contributed by atoms with van der Waals surface area (Å²) in [6.45, 7) is 12.9. The molecule has 298 valence electrons. The zero-order chi connectivity index (χ0) is 38.7. The molecule has 2 aromatic carbocycles. The normalized spacial score (nSPS) is 21.1. The molecule has 2 unspecified atom stereocenters. The highest BCUT2D eigenvalue weighted by atomic mass is 16.6. The lowest BCUT2D eigenvalue weighted by Gasteiger charge is -2.27. The Morgan fingerprint density at radius 1 is 0.655 bits per heavy atom. The number of Topliss-reactive ketones (excluding diaryl/α,β-unsaturated/α-hetero) is 2. The van der Waals surface area contributed by atoms with Gasteiger partial charge in [0.1, 0.15) is 18.8 Å². The van der Waals surface area contributed by atoms with Crippen LogP contribution in [-0.2, 0) is 29.9 Å². The van der Waals surface area contributed by atoms with Crippen molar-refractivity contribution < 1.29 is 23.6 Å². The van der Waals surface area contributed by atoms with Gasteiger partial charge < -0.3 is 14.4 Å². The van der Waals surface area contributed by atoms with Gasteiger partial charge in [-0.1, -0.05) is 127 Å². The first-order valence-electron chi connectivity index (χ1n) is 22.0. The van der Waals surface area contributed by atoms with Gasteiger partial charge in [-0.2, -0.15) is 4.58 Å². The first kappa shape index (κ1) is 41.3. The number of unbranched alkanes of at least 4 members (excludes halogenated alkanes) is 14. The van der Waals surface area contributed by atoms with E-state index < -0.39 is 0 Å². The van der Waals surface area contributed by atoms with Crippen LogP contribution in [0.4, 0.5) is 11.4 Å². The van der Waals surface area contributed by atoms with Gasteiger partial charge in [-0.3, -0.25) is 9.59 Å². The summed E-state index contributed by atoms with van der Waals surface area (Å²) in [6.07, 6.45) is 27.7. The Morgan fingerprint density at radius 2 is 1.15 bits per heavy atom. The summed E-state index contributed by atoms with van der Waals surface area (Å²) < 4.78 is 12.8. The van der Waals surface area contributed by atoms with Crippen molar-refractivity contribution in [1.29, 1.82) is 0 Å². The van der Waals surface area contributed by atoms with Crippen LogP contribution in [0.15, 0.2) is 72.5 Å². The number of carbonyl (C=O) groups excluding carboxylic acids is 2. The molecule has 6 nitrogen and oxygen atoms in total. The Balaban J connectivity index is 1.01. The third-order valence-corrected chi connectivity index (χ3v) is 12.6. The molecule has 0 bridgehead atoms. The van der Waals surface area contributed by atoms with Gasteiger partial charge in [0.15, 0.2) is 17.3 Å².